The lowest BCUT2D eigenvalue weighted by Crippen LogP contribution is -2.53. The van der Waals surface area contributed by atoms with E-state index in [1.54, 1.807) is 0 Å². The van der Waals surface area contributed by atoms with E-state index < -0.39 is 5.82 Å². The van der Waals surface area contributed by atoms with Crippen LogP contribution in [0.15, 0.2) is 16.6 Å². The molecule has 19 heavy (non-hydrogen) atoms. The molecular weight excluding hydrogens is 314 g/mol. The van der Waals surface area contributed by atoms with Gasteiger partial charge in [0.1, 0.15) is 11.6 Å². The molecule has 0 bridgehead atoms. The smallest absolute Gasteiger partial charge is 0.147 e. The van der Waals surface area contributed by atoms with Crippen molar-refractivity contribution in [2.75, 3.05) is 24.5 Å². The van der Waals surface area contributed by atoms with E-state index in [1.165, 1.54) is 12.1 Å². The predicted molar refractivity (Wildman–Crippen MR) is 77.5 cm³/mol. The van der Waals surface area contributed by atoms with Crippen molar-refractivity contribution < 1.29 is 8.78 Å². The van der Waals surface area contributed by atoms with Gasteiger partial charge >= 0.3 is 0 Å². The molecule has 1 aromatic rings. The van der Waals surface area contributed by atoms with Crippen LogP contribution in [0.2, 0.25) is 0 Å². The van der Waals surface area contributed by atoms with Gasteiger partial charge in [0, 0.05) is 31.7 Å². The summed E-state index contributed by atoms with van der Waals surface area (Å²) < 4.78 is 27.7. The minimum absolute atomic E-state index is 0.169. The molecule has 106 valence electrons. The Morgan fingerprint density at radius 3 is 2.84 bits per heavy atom. The Kier molecular flexibility index (Phi) is 4.79. The van der Waals surface area contributed by atoms with Crippen molar-refractivity contribution in [1.29, 1.82) is 0 Å². The molecule has 0 saturated carbocycles. The second kappa shape index (κ2) is 6.18. The zero-order valence-electron chi connectivity index (χ0n) is 11.2. The number of piperazine rings is 1. The summed E-state index contributed by atoms with van der Waals surface area (Å²) in [7, 11) is 0. The quantitative estimate of drug-likeness (QED) is 0.851. The maximum Gasteiger partial charge on any atom is 0.147 e. The van der Waals surface area contributed by atoms with Crippen molar-refractivity contribution in [3.8, 4) is 0 Å². The summed E-state index contributed by atoms with van der Waals surface area (Å²) in [4.78, 5) is 1.93. The molecule has 2 unspecified atom stereocenters. The summed E-state index contributed by atoms with van der Waals surface area (Å²) in [6, 6.07) is 2.80. The molecular formula is C14H19BrF2N2. The van der Waals surface area contributed by atoms with Crippen LogP contribution in [0.25, 0.3) is 0 Å². The Bertz CT molecular complexity index is 453. The highest BCUT2D eigenvalue weighted by molar-refractivity contribution is 9.10. The van der Waals surface area contributed by atoms with Gasteiger partial charge in [0.2, 0.25) is 0 Å². The molecule has 1 N–H and O–H groups in total. The van der Waals surface area contributed by atoms with Crippen LogP contribution in [0, 0.1) is 17.6 Å². The molecule has 2 rings (SSSR count). The van der Waals surface area contributed by atoms with E-state index in [1.807, 2.05) is 4.90 Å². The van der Waals surface area contributed by atoms with Crippen molar-refractivity contribution in [3.05, 3.63) is 28.2 Å². The van der Waals surface area contributed by atoms with Crippen molar-refractivity contribution in [2.24, 2.45) is 5.92 Å². The molecule has 1 aliphatic rings. The first-order valence-corrected chi connectivity index (χ1v) is 7.45. The standard InChI is InChI=1S/C14H19BrF2N2/c1-3-9(2)13-8-19(5-4-18-13)14-7-11(16)10(15)6-12(14)17/h6-7,9,13,18H,3-5,8H2,1-2H3. The van der Waals surface area contributed by atoms with Gasteiger partial charge in [0.15, 0.2) is 0 Å². The molecule has 5 heteroatoms. The summed E-state index contributed by atoms with van der Waals surface area (Å²) in [6.07, 6.45) is 1.07. The Morgan fingerprint density at radius 2 is 2.16 bits per heavy atom. The number of rotatable bonds is 3. The number of nitrogens with one attached hydrogen (secondary N) is 1. The fraction of sp³-hybridized carbons (Fsp3) is 0.571. The van der Waals surface area contributed by atoms with Gasteiger partial charge in [-0.05, 0) is 27.9 Å². The molecule has 0 spiro atoms. The zero-order chi connectivity index (χ0) is 14.0. The van der Waals surface area contributed by atoms with Crippen LogP contribution in [0.5, 0.6) is 0 Å². The van der Waals surface area contributed by atoms with Crippen LogP contribution in [-0.4, -0.2) is 25.7 Å². The largest absolute Gasteiger partial charge is 0.366 e. The number of hydrogen-bond acceptors (Lipinski definition) is 2. The molecule has 0 amide bonds. The predicted octanol–water partition coefficient (Wildman–Crippen LogP) is 3.55. The highest BCUT2D eigenvalue weighted by Crippen LogP contribution is 2.27. The fourth-order valence-electron chi connectivity index (χ4n) is 2.42. The number of benzene rings is 1. The maximum absolute atomic E-state index is 14.0. The SMILES string of the molecule is CCC(C)C1CN(c2cc(F)c(Br)cc2F)CCN1. The molecule has 1 aromatic carbocycles. The monoisotopic (exact) mass is 332 g/mol. The van der Waals surface area contributed by atoms with Gasteiger partial charge in [-0.1, -0.05) is 20.3 Å². The van der Waals surface area contributed by atoms with Crippen LogP contribution in [0.4, 0.5) is 14.5 Å². The number of anilines is 1. The summed E-state index contributed by atoms with van der Waals surface area (Å²) in [5.74, 6) is -0.278. The highest BCUT2D eigenvalue weighted by atomic mass is 79.9. The zero-order valence-corrected chi connectivity index (χ0v) is 12.8. The van der Waals surface area contributed by atoms with Crippen LogP contribution >= 0.6 is 15.9 Å². The minimum atomic E-state index is -0.421. The third-order valence-corrected chi connectivity index (χ3v) is 4.47. The van der Waals surface area contributed by atoms with Crippen LogP contribution < -0.4 is 10.2 Å². The average Bonchev–Trinajstić information content (AvgIpc) is 2.42. The summed E-state index contributed by atoms with van der Waals surface area (Å²) in [5, 5.41) is 3.45. The van der Waals surface area contributed by atoms with Gasteiger partial charge in [0.05, 0.1) is 10.2 Å². The molecule has 0 aliphatic carbocycles. The van der Waals surface area contributed by atoms with Gasteiger partial charge < -0.3 is 10.2 Å². The Morgan fingerprint density at radius 1 is 1.42 bits per heavy atom. The van der Waals surface area contributed by atoms with Crippen molar-refractivity contribution >= 4 is 21.6 Å². The van der Waals surface area contributed by atoms with E-state index in [4.69, 9.17) is 0 Å². The molecule has 0 aromatic heterocycles. The van der Waals surface area contributed by atoms with Crippen molar-refractivity contribution in [2.45, 2.75) is 26.3 Å². The number of nitrogens with zero attached hydrogens (tertiary/aromatic N) is 1. The minimum Gasteiger partial charge on any atom is -0.366 e. The molecule has 1 fully saturated rings. The van der Waals surface area contributed by atoms with Gasteiger partial charge in [-0.2, -0.15) is 0 Å². The Hall–Kier alpha value is -0.680. The van der Waals surface area contributed by atoms with Gasteiger partial charge in [-0.15, -0.1) is 0 Å². The van der Waals surface area contributed by atoms with Crippen LogP contribution in [-0.2, 0) is 0 Å². The summed E-state index contributed by atoms with van der Waals surface area (Å²) >= 11 is 3.00. The van der Waals surface area contributed by atoms with Gasteiger partial charge in [-0.25, -0.2) is 8.78 Å². The van der Waals surface area contributed by atoms with E-state index >= 15 is 0 Å². The molecule has 1 heterocycles. The third kappa shape index (κ3) is 3.26. The molecule has 1 aliphatic heterocycles. The highest BCUT2D eigenvalue weighted by Gasteiger charge is 2.25. The van der Waals surface area contributed by atoms with Crippen molar-refractivity contribution in [1.82, 2.24) is 5.32 Å². The normalized spacial score (nSPS) is 21.5. The van der Waals surface area contributed by atoms with E-state index in [0.29, 0.717) is 30.7 Å². The molecule has 2 nitrogen and oxygen atoms in total. The van der Waals surface area contributed by atoms with Crippen LogP contribution in [0.1, 0.15) is 20.3 Å². The first-order chi connectivity index (χ1) is 9.02. The number of halogens is 3. The fourth-order valence-corrected chi connectivity index (χ4v) is 2.73. The van der Waals surface area contributed by atoms with E-state index in [9.17, 15) is 8.78 Å². The van der Waals surface area contributed by atoms with E-state index in [-0.39, 0.29) is 10.3 Å². The summed E-state index contributed by atoms with van der Waals surface area (Å²) in [5.41, 5.74) is 0.357. The average molecular weight is 333 g/mol. The Labute approximate surface area is 121 Å². The van der Waals surface area contributed by atoms with Crippen LogP contribution in [0.3, 0.4) is 0 Å². The lowest BCUT2D eigenvalue weighted by Gasteiger charge is -2.38. The topological polar surface area (TPSA) is 15.3 Å². The second-order valence-electron chi connectivity index (χ2n) is 5.11. The molecule has 2 atom stereocenters. The first-order valence-electron chi connectivity index (χ1n) is 6.65. The third-order valence-electron chi connectivity index (χ3n) is 3.87. The lowest BCUT2D eigenvalue weighted by molar-refractivity contribution is 0.340. The van der Waals surface area contributed by atoms with E-state index in [0.717, 1.165) is 13.0 Å². The maximum atomic E-state index is 14.0. The molecule has 0 radical (unpaired) electrons. The van der Waals surface area contributed by atoms with Gasteiger partial charge in [-0.3, -0.25) is 0 Å². The number of hydrogen-bond donors (Lipinski definition) is 1. The van der Waals surface area contributed by atoms with Crippen molar-refractivity contribution in [3.63, 3.8) is 0 Å². The Balaban J connectivity index is 2.19. The second-order valence-corrected chi connectivity index (χ2v) is 5.96. The van der Waals surface area contributed by atoms with E-state index in [2.05, 4.69) is 35.1 Å². The lowest BCUT2D eigenvalue weighted by atomic mass is 9.97. The first kappa shape index (κ1) is 14.7. The summed E-state index contributed by atoms with van der Waals surface area (Å²) in [6.45, 7) is 6.54. The van der Waals surface area contributed by atoms with Gasteiger partial charge in [0.25, 0.3) is 0 Å². The molecule has 1 saturated heterocycles.